The van der Waals surface area contributed by atoms with Crippen LogP contribution in [-0.4, -0.2) is 19.5 Å². The van der Waals surface area contributed by atoms with Crippen LogP contribution in [0.2, 0.25) is 0 Å². The van der Waals surface area contributed by atoms with Crippen molar-refractivity contribution < 1.29 is 15.4 Å². The van der Waals surface area contributed by atoms with Crippen molar-refractivity contribution in [3.05, 3.63) is 194 Å². The molecule has 0 spiro atoms. The highest BCUT2D eigenvalue weighted by molar-refractivity contribution is 6.16. The SMILES string of the molecule is [2H]c1cc([2H])c(-c2c([2H])cc([2H])c3c2c2c([2H])c([2H])cc([2H])c2n3-c2ccc(-c3cccc4c3oc3ccccc34)cc2-c2nc(-c3ccccc3)nc(-c3ccccc3)n2)c([2H])c1. The van der Waals surface area contributed by atoms with Gasteiger partial charge in [0.25, 0.3) is 0 Å². The van der Waals surface area contributed by atoms with Gasteiger partial charge in [0.15, 0.2) is 17.5 Å². The summed E-state index contributed by atoms with van der Waals surface area (Å²) in [5.41, 5.74) is 5.86. The van der Waals surface area contributed by atoms with Crippen LogP contribution >= 0.6 is 0 Å². The zero-order valence-electron chi connectivity index (χ0n) is 37.6. The maximum atomic E-state index is 9.52. The van der Waals surface area contributed by atoms with Crippen molar-refractivity contribution in [1.82, 2.24) is 19.5 Å². The highest BCUT2D eigenvalue weighted by atomic mass is 16.3. The monoisotopic (exact) mass is 724 g/mol. The summed E-state index contributed by atoms with van der Waals surface area (Å²) in [6.07, 6.45) is 0. The molecule has 11 rings (SSSR count). The molecule has 11 aromatic rings. The molecule has 0 atom stereocenters. The van der Waals surface area contributed by atoms with Gasteiger partial charge in [0.05, 0.1) is 27.7 Å². The first-order valence-corrected chi connectivity index (χ1v) is 18.1. The molecule has 0 bridgehead atoms. The van der Waals surface area contributed by atoms with Crippen LogP contribution in [0.25, 0.3) is 106 Å². The van der Waals surface area contributed by atoms with E-state index in [0.717, 1.165) is 38.6 Å². The molecule has 262 valence electrons. The van der Waals surface area contributed by atoms with Gasteiger partial charge in [0, 0.05) is 43.8 Å². The molecule has 8 aromatic carbocycles. The first kappa shape index (κ1) is 24.6. The van der Waals surface area contributed by atoms with E-state index in [1.165, 1.54) is 24.3 Å². The minimum atomic E-state index is -0.246. The molecule has 56 heavy (non-hydrogen) atoms. The van der Waals surface area contributed by atoms with Crippen LogP contribution in [0.5, 0.6) is 0 Å². The van der Waals surface area contributed by atoms with E-state index >= 15 is 0 Å². The number of nitrogens with zero attached hydrogens (tertiary/aromatic N) is 4. The topological polar surface area (TPSA) is 56.7 Å². The molecular weight excluding hydrogens is 685 g/mol. The average Bonchev–Trinajstić information content (AvgIpc) is 3.87. The smallest absolute Gasteiger partial charge is 0.166 e. The Labute approximate surface area is 334 Å². The van der Waals surface area contributed by atoms with Crippen molar-refractivity contribution >= 4 is 43.7 Å². The van der Waals surface area contributed by atoms with E-state index in [2.05, 4.69) is 0 Å². The third kappa shape index (κ3) is 5.21. The van der Waals surface area contributed by atoms with Gasteiger partial charge in [-0.05, 0) is 47.0 Å². The van der Waals surface area contributed by atoms with Gasteiger partial charge in [-0.25, -0.2) is 15.0 Å². The largest absolute Gasteiger partial charge is 0.455 e. The second-order valence-electron chi connectivity index (χ2n) is 13.3. The molecule has 0 amide bonds. The predicted octanol–water partition coefficient (Wildman–Crippen LogP) is 13.2. The van der Waals surface area contributed by atoms with E-state index in [4.69, 9.17) is 24.9 Å². The summed E-state index contributed by atoms with van der Waals surface area (Å²) in [6, 6.07) is 42.6. The number of hydrogen-bond donors (Lipinski definition) is 0. The van der Waals surface area contributed by atoms with Crippen molar-refractivity contribution in [2.45, 2.75) is 0 Å². The van der Waals surface area contributed by atoms with Crippen LogP contribution < -0.4 is 0 Å². The maximum Gasteiger partial charge on any atom is 0.166 e. The van der Waals surface area contributed by atoms with Gasteiger partial charge in [-0.2, -0.15) is 0 Å². The maximum absolute atomic E-state index is 9.52. The Balaban J connectivity index is 1.30. The molecule has 3 heterocycles. The highest BCUT2D eigenvalue weighted by Gasteiger charge is 2.22. The van der Waals surface area contributed by atoms with E-state index in [0.29, 0.717) is 28.5 Å². The Kier molecular flexibility index (Phi) is 5.74. The molecule has 0 saturated heterocycles. The quantitative estimate of drug-likeness (QED) is 0.171. The Bertz CT molecular complexity index is 3640. The van der Waals surface area contributed by atoms with Gasteiger partial charge in [-0.1, -0.05) is 164 Å². The molecule has 0 saturated carbocycles. The molecule has 0 aliphatic heterocycles. The summed E-state index contributed by atoms with van der Waals surface area (Å²) in [5.74, 6) is 1.08. The summed E-state index contributed by atoms with van der Waals surface area (Å²) in [5, 5.41) is 2.20. The average molecular weight is 725 g/mol. The molecule has 0 aliphatic rings. The van der Waals surface area contributed by atoms with E-state index in [-0.39, 0.29) is 87.1 Å². The van der Waals surface area contributed by atoms with Gasteiger partial charge < -0.3 is 8.98 Å². The fraction of sp³-hybridized carbons (Fsp3) is 0. The van der Waals surface area contributed by atoms with Crippen LogP contribution in [-0.2, 0) is 0 Å². The third-order valence-electron chi connectivity index (χ3n) is 10.1. The zero-order valence-corrected chi connectivity index (χ0v) is 29.6. The summed E-state index contributed by atoms with van der Waals surface area (Å²) in [7, 11) is 0. The molecular formula is C51H32N4O. The molecule has 0 radical (unpaired) electrons. The molecule has 5 heteroatoms. The first-order chi connectivity index (χ1) is 31.0. The summed E-state index contributed by atoms with van der Waals surface area (Å²) < 4.78 is 80.6. The van der Waals surface area contributed by atoms with Crippen LogP contribution in [0.3, 0.4) is 0 Å². The second kappa shape index (κ2) is 13.0. The lowest BCUT2D eigenvalue weighted by atomic mass is 9.98. The summed E-state index contributed by atoms with van der Waals surface area (Å²) >= 11 is 0. The number of benzene rings is 8. The van der Waals surface area contributed by atoms with Crippen molar-refractivity contribution in [1.29, 1.82) is 0 Å². The van der Waals surface area contributed by atoms with Crippen molar-refractivity contribution in [2.75, 3.05) is 0 Å². The summed E-state index contributed by atoms with van der Waals surface area (Å²) in [4.78, 5) is 15.2. The molecule has 0 aliphatic carbocycles. The van der Waals surface area contributed by atoms with Gasteiger partial charge >= 0.3 is 0 Å². The Morgan fingerprint density at radius 3 is 1.89 bits per heavy atom. The van der Waals surface area contributed by atoms with Gasteiger partial charge in [0.1, 0.15) is 11.2 Å². The normalized spacial score (nSPS) is 13.6. The van der Waals surface area contributed by atoms with E-state index in [1.54, 1.807) is 4.57 Å². The lowest BCUT2D eigenvalue weighted by Gasteiger charge is -2.16. The number of fused-ring (bicyclic) bond motifs is 6. The molecule has 3 aromatic heterocycles. The molecule has 0 N–H and O–H groups in total. The highest BCUT2D eigenvalue weighted by Crippen LogP contribution is 2.43. The standard InChI is InChI=1S/C51H32N4O/c1-4-16-33(17-5-1)37-24-15-28-45-47(37)41-23-10-12-27-43(41)55(45)44-31-30-36(38-25-14-26-40-39-22-11-13-29-46(39)56-48(38)40)32-42(44)51-53-49(34-18-6-2-7-19-34)52-50(54-51)35-20-8-3-9-21-35/h1-32H/i1D,10D,16D,17D,23D,24D,27D,28D. The summed E-state index contributed by atoms with van der Waals surface area (Å²) in [6.45, 7) is 0. The third-order valence-corrected chi connectivity index (χ3v) is 10.1. The van der Waals surface area contributed by atoms with Gasteiger partial charge in [0.2, 0.25) is 0 Å². The van der Waals surface area contributed by atoms with E-state index in [1.807, 2.05) is 121 Å². The minimum Gasteiger partial charge on any atom is -0.455 e. The van der Waals surface area contributed by atoms with E-state index < -0.39 is 0 Å². The number of para-hydroxylation sites is 3. The Hall–Kier alpha value is -7.63. The lowest BCUT2D eigenvalue weighted by molar-refractivity contribution is 0.670. The van der Waals surface area contributed by atoms with Crippen molar-refractivity contribution in [3.63, 3.8) is 0 Å². The zero-order chi connectivity index (χ0) is 44.0. The second-order valence-corrected chi connectivity index (χ2v) is 13.3. The molecule has 0 unspecified atom stereocenters. The number of hydrogen-bond acceptors (Lipinski definition) is 4. The molecule has 0 fully saturated rings. The number of aromatic nitrogens is 4. The number of furan rings is 1. The molecule has 5 nitrogen and oxygen atoms in total. The van der Waals surface area contributed by atoms with Crippen molar-refractivity contribution in [3.8, 4) is 62.1 Å². The van der Waals surface area contributed by atoms with Crippen LogP contribution in [0, 0.1) is 0 Å². The predicted molar refractivity (Wildman–Crippen MR) is 229 cm³/mol. The van der Waals surface area contributed by atoms with Crippen LogP contribution in [0.15, 0.2) is 198 Å². The first-order valence-electron chi connectivity index (χ1n) is 22.1. The Morgan fingerprint density at radius 1 is 0.429 bits per heavy atom. The van der Waals surface area contributed by atoms with Crippen LogP contribution in [0.4, 0.5) is 0 Å². The fourth-order valence-electron chi connectivity index (χ4n) is 7.55. The van der Waals surface area contributed by atoms with Gasteiger partial charge in [-0.3, -0.25) is 0 Å². The Morgan fingerprint density at radius 2 is 1.11 bits per heavy atom. The van der Waals surface area contributed by atoms with E-state index in [9.17, 15) is 5.48 Å². The van der Waals surface area contributed by atoms with Crippen LogP contribution in [0.1, 0.15) is 11.0 Å². The minimum absolute atomic E-state index is 0.0401. The van der Waals surface area contributed by atoms with Crippen molar-refractivity contribution in [2.24, 2.45) is 0 Å². The fourth-order valence-corrected chi connectivity index (χ4v) is 7.55. The lowest BCUT2D eigenvalue weighted by Crippen LogP contribution is -2.04. The number of rotatable bonds is 6. The van der Waals surface area contributed by atoms with Gasteiger partial charge in [-0.15, -0.1) is 0 Å².